The zero-order valence-corrected chi connectivity index (χ0v) is 11.0. The molecule has 2 fully saturated rings. The summed E-state index contributed by atoms with van der Waals surface area (Å²) >= 11 is 0. The summed E-state index contributed by atoms with van der Waals surface area (Å²) in [4.78, 5) is 0. The van der Waals surface area contributed by atoms with E-state index in [4.69, 9.17) is 0 Å². The van der Waals surface area contributed by atoms with Gasteiger partial charge in [-0.1, -0.05) is 20.3 Å². The highest BCUT2D eigenvalue weighted by Crippen LogP contribution is 2.36. The number of nitrogens with one attached hydrogen (secondary N) is 2. The predicted octanol–water partition coefficient (Wildman–Crippen LogP) is 2.54. The molecule has 1 aliphatic carbocycles. The second-order valence-corrected chi connectivity index (χ2v) is 6.01. The third-order valence-electron chi connectivity index (χ3n) is 4.42. The molecule has 2 unspecified atom stereocenters. The van der Waals surface area contributed by atoms with Gasteiger partial charge >= 0.3 is 0 Å². The zero-order valence-electron chi connectivity index (χ0n) is 11.0. The molecule has 1 heterocycles. The molecule has 1 saturated carbocycles. The van der Waals surface area contributed by atoms with Gasteiger partial charge in [-0.05, 0) is 57.0 Å². The van der Waals surface area contributed by atoms with Crippen LogP contribution in [-0.2, 0) is 0 Å². The van der Waals surface area contributed by atoms with Crippen LogP contribution < -0.4 is 10.6 Å². The van der Waals surface area contributed by atoms with Crippen molar-refractivity contribution in [3.63, 3.8) is 0 Å². The molecule has 2 nitrogen and oxygen atoms in total. The molecule has 1 saturated heterocycles. The molecule has 2 N–H and O–H groups in total. The monoisotopic (exact) mass is 224 g/mol. The van der Waals surface area contributed by atoms with E-state index < -0.39 is 0 Å². The van der Waals surface area contributed by atoms with E-state index in [1.807, 2.05) is 0 Å². The van der Waals surface area contributed by atoms with Gasteiger partial charge in [0.1, 0.15) is 0 Å². The van der Waals surface area contributed by atoms with Gasteiger partial charge in [0.05, 0.1) is 0 Å². The van der Waals surface area contributed by atoms with Crippen molar-refractivity contribution < 1.29 is 0 Å². The molecular weight excluding hydrogens is 196 g/mol. The van der Waals surface area contributed by atoms with E-state index in [2.05, 4.69) is 24.5 Å². The van der Waals surface area contributed by atoms with Crippen molar-refractivity contribution in [3.05, 3.63) is 0 Å². The molecule has 0 amide bonds. The van der Waals surface area contributed by atoms with Gasteiger partial charge in [-0.25, -0.2) is 0 Å². The topological polar surface area (TPSA) is 24.1 Å². The molecule has 0 radical (unpaired) electrons. The van der Waals surface area contributed by atoms with Crippen molar-refractivity contribution in [2.75, 3.05) is 19.6 Å². The number of hydrogen-bond acceptors (Lipinski definition) is 2. The maximum Gasteiger partial charge on any atom is 0.0306 e. The molecule has 0 spiro atoms. The van der Waals surface area contributed by atoms with Crippen LogP contribution in [0.25, 0.3) is 0 Å². The van der Waals surface area contributed by atoms with E-state index in [0.29, 0.717) is 5.54 Å². The van der Waals surface area contributed by atoms with Gasteiger partial charge in [0.2, 0.25) is 0 Å². The zero-order chi connectivity index (χ0) is 11.4. The lowest BCUT2D eigenvalue weighted by Gasteiger charge is -2.30. The van der Waals surface area contributed by atoms with Crippen LogP contribution in [-0.4, -0.2) is 25.2 Å². The van der Waals surface area contributed by atoms with Gasteiger partial charge in [0.15, 0.2) is 0 Å². The second-order valence-electron chi connectivity index (χ2n) is 6.01. The summed E-state index contributed by atoms with van der Waals surface area (Å²) in [6.07, 6.45) is 8.30. The Labute approximate surface area is 101 Å². The van der Waals surface area contributed by atoms with E-state index in [9.17, 15) is 0 Å². The van der Waals surface area contributed by atoms with Gasteiger partial charge in [-0.15, -0.1) is 0 Å². The lowest BCUT2D eigenvalue weighted by Crippen LogP contribution is -2.49. The summed E-state index contributed by atoms with van der Waals surface area (Å²) < 4.78 is 0. The highest BCUT2D eigenvalue weighted by atomic mass is 15.1. The molecule has 94 valence electrons. The molecule has 2 heteroatoms. The van der Waals surface area contributed by atoms with Crippen LogP contribution in [0.4, 0.5) is 0 Å². The van der Waals surface area contributed by atoms with E-state index in [1.54, 1.807) is 0 Å². The summed E-state index contributed by atoms with van der Waals surface area (Å²) in [6.45, 7) is 8.32. The van der Waals surface area contributed by atoms with Crippen molar-refractivity contribution in [2.45, 2.75) is 57.9 Å². The summed E-state index contributed by atoms with van der Waals surface area (Å²) in [5.74, 6) is 1.92. The van der Waals surface area contributed by atoms with Crippen LogP contribution in [0.5, 0.6) is 0 Å². The van der Waals surface area contributed by atoms with Crippen LogP contribution in [0.3, 0.4) is 0 Å². The number of rotatable bonds is 7. The summed E-state index contributed by atoms with van der Waals surface area (Å²) in [6, 6.07) is 0. The van der Waals surface area contributed by atoms with E-state index >= 15 is 0 Å². The SMILES string of the molecule is CCCC1(CNCC(C)C2CC2)CCCN1. The lowest BCUT2D eigenvalue weighted by molar-refractivity contribution is 0.312. The molecule has 0 bridgehead atoms. The molecule has 0 aromatic carbocycles. The fourth-order valence-electron chi connectivity index (χ4n) is 3.17. The maximum atomic E-state index is 3.73. The van der Waals surface area contributed by atoms with E-state index in [0.717, 1.165) is 11.8 Å². The Morgan fingerprint density at radius 2 is 2.25 bits per heavy atom. The maximum absolute atomic E-state index is 3.73. The third-order valence-corrected chi connectivity index (χ3v) is 4.42. The van der Waals surface area contributed by atoms with Gasteiger partial charge in [0, 0.05) is 12.1 Å². The average molecular weight is 224 g/mol. The summed E-state index contributed by atoms with van der Waals surface area (Å²) in [5.41, 5.74) is 0.429. The minimum Gasteiger partial charge on any atom is -0.315 e. The van der Waals surface area contributed by atoms with Crippen LogP contribution in [0, 0.1) is 11.8 Å². The van der Waals surface area contributed by atoms with Gasteiger partial charge in [0.25, 0.3) is 0 Å². The lowest BCUT2D eigenvalue weighted by atomic mass is 9.91. The van der Waals surface area contributed by atoms with Crippen molar-refractivity contribution in [1.29, 1.82) is 0 Å². The van der Waals surface area contributed by atoms with Crippen molar-refractivity contribution in [1.82, 2.24) is 10.6 Å². The fourth-order valence-corrected chi connectivity index (χ4v) is 3.17. The van der Waals surface area contributed by atoms with E-state index in [1.165, 1.54) is 58.2 Å². The first-order valence-electron chi connectivity index (χ1n) is 7.21. The fraction of sp³-hybridized carbons (Fsp3) is 1.00. The highest BCUT2D eigenvalue weighted by Gasteiger charge is 2.33. The van der Waals surface area contributed by atoms with Gasteiger partial charge in [-0.2, -0.15) is 0 Å². The summed E-state index contributed by atoms with van der Waals surface area (Å²) in [5, 5.41) is 7.44. The van der Waals surface area contributed by atoms with Crippen LogP contribution in [0.1, 0.15) is 52.4 Å². The molecule has 16 heavy (non-hydrogen) atoms. The minimum absolute atomic E-state index is 0.429. The summed E-state index contributed by atoms with van der Waals surface area (Å²) in [7, 11) is 0. The standard InChI is InChI=1S/C14H28N2/c1-3-7-14(8-4-9-16-14)11-15-10-12(2)13-5-6-13/h12-13,15-16H,3-11H2,1-2H3. The first-order chi connectivity index (χ1) is 7.76. The molecule has 1 aliphatic heterocycles. The van der Waals surface area contributed by atoms with Crippen LogP contribution >= 0.6 is 0 Å². The van der Waals surface area contributed by atoms with Crippen LogP contribution in [0.2, 0.25) is 0 Å². The normalized spacial score (nSPS) is 31.9. The quantitative estimate of drug-likeness (QED) is 0.694. The molecule has 2 atom stereocenters. The Kier molecular flexibility index (Phi) is 4.26. The minimum atomic E-state index is 0.429. The number of hydrogen-bond donors (Lipinski definition) is 2. The van der Waals surface area contributed by atoms with E-state index in [-0.39, 0.29) is 0 Å². The molecule has 2 aliphatic rings. The van der Waals surface area contributed by atoms with Crippen molar-refractivity contribution in [3.8, 4) is 0 Å². The Morgan fingerprint density at radius 3 is 2.81 bits per heavy atom. The van der Waals surface area contributed by atoms with Crippen LogP contribution in [0.15, 0.2) is 0 Å². The Bertz CT molecular complexity index is 205. The predicted molar refractivity (Wildman–Crippen MR) is 69.6 cm³/mol. The van der Waals surface area contributed by atoms with Crippen molar-refractivity contribution in [2.24, 2.45) is 11.8 Å². The second kappa shape index (κ2) is 5.50. The Morgan fingerprint density at radius 1 is 1.44 bits per heavy atom. The van der Waals surface area contributed by atoms with Crippen molar-refractivity contribution >= 4 is 0 Å². The smallest absolute Gasteiger partial charge is 0.0306 e. The van der Waals surface area contributed by atoms with Gasteiger partial charge < -0.3 is 10.6 Å². The molecule has 0 aromatic heterocycles. The molecular formula is C14H28N2. The average Bonchev–Trinajstić information content (AvgIpc) is 3.02. The first-order valence-corrected chi connectivity index (χ1v) is 7.21. The molecule has 2 rings (SSSR count). The molecule has 0 aromatic rings. The Balaban J connectivity index is 1.69. The highest BCUT2D eigenvalue weighted by molar-refractivity contribution is 4.94. The third kappa shape index (κ3) is 3.21. The van der Waals surface area contributed by atoms with Gasteiger partial charge in [-0.3, -0.25) is 0 Å². The Hall–Kier alpha value is -0.0800. The largest absolute Gasteiger partial charge is 0.315 e. The first kappa shape index (κ1) is 12.4.